The van der Waals surface area contributed by atoms with Gasteiger partial charge in [-0.3, -0.25) is 0 Å². The Bertz CT molecular complexity index is 271. The van der Waals surface area contributed by atoms with Crippen LogP contribution in [0.25, 0.3) is 0 Å². The van der Waals surface area contributed by atoms with E-state index in [0.29, 0.717) is 11.8 Å². The van der Waals surface area contributed by atoms with E-state index in [9.17, 15) is 9.59 Å². The summed E-state index contributed by atoms with van der Waals surface area (Å²) in [6, 6.07) is 0. The van der Waals surface area contributed by atoms with E-state index in [4.69, 9.17) is 9.47 Å². The second-order valence-corrected chi connectivity index (χ2v) is 6.14. The molecule has 0 atom stereocenters. The third kappa shape index (κ3) is 14.9. The molecule has 0 N–H and O–H groups in total. The van der Waals surface area contributed by atoms with Crippen LogP contribution in [0.2, 0.25) is 0 Å². The lowest BCUT2D eigenvalue weighted by molar-refractivity contribution is -0.217. The van der Waals surface area contributed by atoms with Crippen molar-refractivity contribution in [2.45, 2.75) is 66.2 Å². The quantitative estimate of drug-likeness (QED) is 0.248. The number of unbranched alkanes of at least 4 members (excludes halogenated alkanes) is 2. The van der Waals surface area contributed by atoms with Gasteiger partial charge in [0.05, 0.1) is 13.2 Å². The Hall–Kier alpha value is -1.46. The van der Waals surface area contributed by atoms with Gasteiger partial charge in [0.25, 0.3) is 0 Å². The summed E-state index contributed by atoms with van der Waals surface area (Å²) in [6.07, 6.45) is 3.58. The third-order valence-electron chi connectivity index (χ3n) is 2.97. The third-order valence-corrected chi connectivity index (χ3v) is 2.97. The van der Waals surface area contributed by atoms with Crippen LogP contribution in [0.3, 0.4) is 0 Å². The fraction of sp³-hybridized carbons (Fsp3) is 0.875. The maximum Gasteiger partial charge on any atom is 0.549 e. The number of hydrogen-bond acceptors (Lipinski definition) is 6. The predicted octanol–water partition coefficient (Wildman–Crippen LogP) is 4.86. The van der Waals surface area contributed by atoms with Crippen LogP contribution in [0, 0.1) is 11.8 Å². The monoisotopic (exact) mass is 318 g/mol. The minimum atomic E-state index is -1.03. The minimum absolute atomic E-state index is 0.249. The highest BCUT2D eigenvalue weighted by atomic mass is 17.3. The van der Waals surface area contributed by atoms with E-state index in [1.807, 2.05) is 0 Å². The van der Waals surface area contributed by atoms with Crippen LogP contribution < -0.4 is 0 Å². The first-order valence-electron chi connectivity index (χ1n) is 8.09. The van der Waals surface area contributed by atoms with Crippen molar-refractivity contribution in [3.63, 3.8) is 0 Å². The SMILES string of the molecule is CC(C)CCCCOC(=O)OOC(=O)OCCCCC(C)C. The van der Waals surface area contributed by atoms with Crippen LogP contribution in [-0.2, 0) is 19.2 Å². The van der Waals surface area contributed by atoms with Crippen molar-refractivity contribution < 1.29 is 28.8 Å². The summed E-state index contributed by atoms with van der Waals surface area (Å²) in [7, 11) is 0. The smallest absolute Gasteiger partial charge is 0.432 e. The van der Waals surface area contributed by atoms with Crippen LogP contribution in [0.15, 0.2) is 0 Å². The number of carbonyl (C=O) groups excluding carboxylic acids is 2. The van der Waals surface area contributed by atoms with E-state index >= 15 is 0 Å². The lowest BCUT2D eigenvalue weighted by atomic mass is 10.1. The van der Waals surface area contributed by atoms with Crippen LogP contribution in [-0.4, -0.2) is 25.5 Å². The molecule has 130 valence electrons. The first-order valence-corrected chi connectivity index (χ1v) is 8.09. The molecule has 0 aromatic rings. The zero-order chi connectivity index (χ0) is 16.8. The van der Waals surface area contributed by atoms with Crippen LogP contribution in [0.1, 0.15) is 66.2 Å². The molecule has 0 aromatic carbocycles. The Labute approximate surface area is 133 Å². The van der Waals surface area contributed by atoms with Gasteiger partial charge in [0.15, 0.2) is 0 Å². The molecule has 6 nitrogen and oxygen atoms in total. The van der Waals surface area contributed by atoms with E-state index in [1.54, 1.807) is 0 Å². The van der Waals surface area contributed by atoms with Gasteiger partial charge in [-0.2, -0.15) is 19.4 Å². The Balaban J connectivity index is 3.43. The highest BCUT2D eigenvalue weighted by molar-refractivity contribution is 5.63. The summed E-state index contributed by atoms with van der Waals surface area (Å²) in [6.45, 7) is 9.04. The van der Waals surface area contributed by atoms with Gasteiger partial charge in [0, 0.05) is 0 Å². The Morgan fingerprint density at radius 1 is 0.682 bits per heavy atom. The topological polar surface area (TPSA) is 71.1 Å². The highest BCUT2D eigenvalue weighted by Crippen LogP contribution is 2.07. The molecule has 22 heavy (non-hydrogen) atoms. The average Bonchev–Trinajstić information content (AvgIpc) is 2.43. The van der Waals surface area contributed by atoms with E-state index in [2.05, 4.69) is 37.5 Å². The van der Waals surface area contributed by atoms with Gasteiger partial charge in [0.1, 0.15) is 0 Å². The summed E-state index contributed by atoms with van der Waals surface area (Å²) >= 11 is 0. The molecule has 0 radical (unpaired) electrons. The van der Waals surface area contributed by atoms with Gasteiger partial charge in [-0.05, 0) is 37.5 Å². The summed E-state index contributed by atoms with van der Waals surface area (Å²) in [5.41, 5.74) is 0. The molecule has 0 saturated heterocycles. The highest BCUT2D eigenvalue weighted by Gasteiger charge is 2.11. The zero-order valence-corrected chi connectivity index (χ0v) is 14.3. The maximum absolute atomic E-state index is 11.1. The number of ether oxygens (including phenoxy) is 2. The summed E-state index contributed by atoms with van der Waals surface area (Å²) in [4.78, 5) is 30.6. The fourth-order valence-electron chi connectivity index (χ4n) is 1.74. The molecular formula is C16H30O6. The lowest BCUT2D eigenvalue weighted by Gasteiger charge is -2.07. The number of carbonyl (C=O) groups is 2. The molecule has 0 aliphatic carbocycles. The fourth-order valence-corrected chi connectivity index (χ4v) is 1.74. The Morgan fingerprint density at radius 3 is 1.36 bits per heavy atom. The molecule has 6 heteroatoms. The molecule has 0 aliphatic rings. The second-order valence-electron chi connectivity index (χ2n) is 6.14. The zero-order valence-electron chi connectivity index (χ0n) is 14.3. The molecule has 0 aliphatic heterocycles. The molecule has 0 amide bonds. The van der Waals surface area contributed by atoms with Crippen LogP contribution >= 0.6 is 0 Å². The summed E-state index contributed by atoms with van der Waals surface area (Å²) in [5.74, 6) is 1.26. The summed E-state index contributed by atoms with van der Waals surface area (Å²) < 4.78 is 9.50. The van der Waals surface area contributed by atoms with Crippen molar-refractivity contribution in [2.24, 2.45) is 11.8 Å². The van der Waals surface area contributed by atoms with Gasteiger partial charge in [-0.15, -0.1) is 0 Å². The van der Waals surface area contributed by atoms with Crippen molar-refractivity contribution >= 4 is 12.3 Å². The summed E-state index contributed by atoms with van der Waals surface area (Å²) in [5, 5.41) is 0. The molecule has 0 rings (SSSR count). The van der Waals surface area contributed by atoms with E-state index in [0.717, 1.165) is 38.5 Å². The first-order chi connectivity index (χ1) is 10.4. The Kier molecular flexibility index (Phi) is 12.3. The van der Waals surface area contributed by atoms with Gasteiger partial charge in [-0.1, -0.05) is 40.5 Å². The van der Waals surface area contributed by atoms with Crippen LogP contribution in [0.5, 0.6) is 0 Å². The molecule has 0 fully saturated rings. The molecule has 0 aromatic heterocycles. The largest absolute Gasteiger partial charge is 0.549 e. The van der Waals surface area contributed by atoms with Crippen molar-refractivity contribution in [1.29, 1.82) is 0 Å². The average molecular weight is 318 g/mol. The van der Waals surface area contributed by atoms with Gasteiger partial charge < -0.3 is 9.47 Å². The van der Waals surface area contributed by atoms with E-state index in [1.165, 1.54) is 0 Å². The molecule has 0 bridgehead atoms. The van der Waals surface area contributed by atoms with E-state index < -0.39 is 12.3 Å². The second kappa shape index (κ2) is 13.2. The molecule has 0 spiro atoms. The molecule has 0 saturated carbocycles. The van der Waals surface area contributed by atoms with Gasteiger partial charge in [-0.25, -0.2) is 0 Å². The van der Waals surface area contributed by atoms with Gasteiger partial charge in [0.2, 0.25) is 0 Å². The normalized spacial score (nSPS) is 10.6. The van der Waals surface area contributed by atoms with Gasteiger partial charge >= 0.3 is 12.3 Å². The van der Waals surface area contributed by atoms with Crippen molar-refractivity contribution in [3.8, 4) is 0 Å². The maximum atomic E-state index is 11.1. The molecular weight excluding hydrogens is 288 g/mol. The van der Waals surface area contributed by atoms with Crippen molar-refractivity contribution in [3.05, 3.63) is 0 Å². The van der Waals surface area contributed by atoms with E-state index in [-0.39, 0.29) is 13.2 Å². The predicted molar refractivity (Wildman–Crippen MR) is 82.2 cm³/mol. The molecule has 0 unspecified atom stereocenters. The lowest BCUT2D eigenvalue weighted by Crippen LogP contribution is -2.14. The van der Waals surface area contributed by atoms with Crippen molar-refractivity contribution in [2.75, 3.05) is 13.2 Å². The minimum Gasteiger partial charge on any atom is -0.432 e. The molecule has 0 heterocycles. The van der Waals surface area contributed by atoms with Crippen LogP contribution in [0.4, 0.5) is 9.59 Å². The van der Waals surface area contributed by atoms with Crippen molar-refractivity contribution in [1.82, 2.24) is 0 Å². The standard InChI is InChI=1S/C16H30O6/c1-13(2)9-5-7-11-19-15(17)21-22-16(18)20-12-8-6-10-14(3)4/h13-14H,5-12H2,1-4H3. The number of rotatable bonds is 10. The first kappa shape index (κ1) is 20.5. The number of hydrogen-bond donors (Lipinski definition) is 0. The Morgan fingerprint density at radius 2 is 1.05 bits per heavy atom.